The molecule has 0 radical (unpaired) electrons. The highest BCUT2D eigenvalue weighted by atomic mass is 19.1. The molecule has 8 nitrogen and oxygen atoms in total. The monoisotopic (exact) mass is 489 g/mol. The van der Waals surface area contributed by atoms with Crippen LogP contribution in [0.5, 0.6) is 5.75 Å². The van der Waals surface area contributed by atoms with Crippen molar-refractivity contribution in [2.75, 3.05) is 18.5 Å². The summed E-state index contributed by atoms with van der Waals surface area (Å²) in [5.74, 6) is -4.25. The molecule has 0 saturated heterocycles. The van der Waals surface area contributed by atoms with Crippen molar-refractivity contribution in [1.29, 1.82) is 0 Å². The highest BCUT2D eigenvalue weighted by molar-refractivity contribution is 5.97. The molecule has 1 aromatic carbocycles. The molecule has 1 amide bonds. The summed E-state index contributed by atoms with van der Waals surface area (Å²) >= 11 is 0. The van der Waals surface area contributed by atoms with Gasteiger partial charge in [-0.2, -0.15) is 0 Å². The standard InChI is InChI=1S/C25H29F2N3O5/c26-19-12-17(31)13-20(27)22(19)24(32)30-21(25(33)34)7-9-35-18-10-14(11-18)3-5-16-6-4-15-2-1-8-28-23(15)29-16/h4,6,12-14,18,21,31H,1-3,5,7-11H2,(H,28,29)(H,30,32)(H,33,34). The van der Waals surface area contributed by atoms with Gasteiger partial charge >= 0.3 is 5.97 Å². The van der Waals surface area contributed by atoms with E-state index >= 15 is 0 Å². The third kappa shape index (κ3) is 6.25. The number of phenolic OH excluding ortho intramolecular Hbond substituents is 1. The number of anilines is 1. The van der Waals surface area contributed by atoms with Crippen LogP contribution in [0.4, 0.5) is 14.6 Å². The molecule has 4 rings (SSSR count). The number of aliphatic carboxylic acids is 1. The first-order valence-electron chi connectivity index (χ1n) is 11.9. The average molecular weight is 490 g/mol. The second-order valence-corrected chi connectivity index (χ2v) is 9.15. The Hall–Kier alpha value is -3.27. The minimum Gasteiger partial charge on any atom is -0.508 e. The zero-order chi connectivity index (χ0) is 24.9. The Labute approximate surface area is 201 Å². The quantitative estimate of drug-likeness (QED) is 0.404. The molecule has 10 heteroatoms. The predicted molar refractivity (Wildman–Crippen MR) is 123 cm³/mol. The lowest BCUT2D eigenvalue weighted by Gasteiger charge is -2.35. The molecule has 35 heavy (non-hydrogen) atoms. The number of ether oxygens (including phenoxy) is 1. The van der Waals surface area contributed by atoms with Gasteiger partial charge in [-0.05, 0) is 56.1 Å². The van der Waals surface area contributed by atoms with Crippen molar-refractivity contribution in [3.63, 3.8) is 0 Å². The van der Waals surface area contributed by atoms with E-state index < -0.39 is 40.9 Å². The van der Waals surface area contributed by atoms with E-state index in [1.54, 1.807) is 0 Å². The summed E-state index contributed by atoms with van der Waals surface area (Å²) < 4.78 is 33.5. The highest BCUT2D eigenvalue weighted by Gasteiger charge is 2.31. The van der Waals surface area contributed by atoms with E-state index in [1.165, 1.54) is 5.56 Å². The number of nitrogens with one attached hydrogen (secondary N) is 2. The summed E-state index contributed by atoms with van der Waals surface area (Å²) in [5, 5.41) is 24.0. The number of halogens is 2. The second kappa shape index (κ2) is 11.0. The summed E-state index contributed by atoms with van der Waals surface area (Å²) in [4.78, 5) is 28.4. The van der Waals surface area contributed by atoms with Gasteiger partial charge in [0.25, 0.3) is 5.91 Å². The number of amides is 1. The number of carbonyl (C=O) groups excluding carboxylic acids is 1. The van der Waals surface area contributed by atoms with E-state index in [1.807, 2.05) is 0 Å². The molecule has 1 aliphatic carbocycles. The molecule has 1 saturated carbocycles. The lowest BCUT2D eigenvalue weighted by molar-refractivity contribution is -0.140. The van der Waals surface area contributed by atoms with E-state index in [9.17, 15) is 28.6 Å². The molecule has 4 N–H and O–H groups in total. The van der Waals surface area contributed by atoms with E-state index in [-0.39, 0.29) is 19.1 Å². The van der Waals surface area contributed by atoms with Crippen molar-refractivity contribution >= 4 is 17.7 Å². The van der Waals surface area contributed by atoms with Crippen LogP contribution in [0.3, 0.4) is 0 Å². The highest BCUT2D eigenvalue weighted by Crippen LogP contribution is 2.34. The largest absolute Gasteiger partial charge is 0.508 e. The first-order valence-corrected chi connectivity index (χ1v) is 11.9. The Morgan fingerprint density at radius 2 is 1.97 bits per heavy atom. The normalized spacial score (nSPS) is 19.7. The van der Waals surface area contributed by atoms with Crippen LogP contribution in [0.25, 0.3) is 0 Å². The molecule has 1 aliphatic heterocycles. The number of pyridine rings is 1. The summed E-state index contributed by atoms with van der Waals surface area (Å²) in [6.45, 7) is 1.05. The van der Waals surface area contributed by atoms with Gasteiger partial charge in [0.15, 0.2) is 0 Å². The van der Waals surface area contributed by atoms with Gasteiger partial charge in [0.1, 0.15) is 34.8 Å². The fourth-order valence-electron chi connectivity index (χ4n) is 4.52. The zero-order valence-electron chi connectivity index (χ0n) is 19.2. The van der Waals surface area contributed by atoms with Crippen LogP contribution < -0.4 is 10.6 Å². The number of benzene rings is 1. The van der Waals surface area contributed by atoms with E-state index in [2.05, 4.69) is 22.8 Å². The lowest BCUT2D eigenvalue weighted by Crippen LogP contribution is -2.42. The van der Waals surface area contributed by atoms with Gasteiger partial charge in [0.05, 0.1) is 6.10 Å². The number of hydrogen-bond donors (Lipinski definition) is 4. The number of carbonyl (C=O) groups is 2. The molecule has 0 bridgehead atoms. The number of phenols is 1. The van der Waals surface area contributed by atoms with Crippen molar-refractivity contribution in [2.45, 2.75) is 57.1 Å². The molecule has 1 atom stereocenters. The number of aromatic hydroxyl groups is 1. The topological polar surface area (TPSA) is 121 Å². The van der Waals surface area contributed by atoms with Crippen molar-refractivity contribution in [3.8, 4) is 5.75 Å². The van der Waals surface area contributed by atoms with Crippen molar-refractivity contribution in [3.05, 3.63) is 52.7 Å². The lowest BCUT2D eigenvalue weighted by atomic mass is 9.79. The van der Waals surface area contributed by atoms with Crippen molar-refractivity contribution < 1.29 is 33.3 Å². The molecule has 1 aromatic heterocycles. The Bertz CT molecular complexity index is 1070. The fourth-order valence-corrected chi connectivity index (χ4v) is 4.52. The van der Waals surface area contributed by atoms with Crippen LogP contribution in [-0.2, 0) is 22.4 Å². The van der Waals surface area contributed by atoms with Gasteiger partial charge in [0, 0.05) is 37.4 Å². The van der Waals surface area contributed by atoms with Crippen molar-refractivity contribution in [2.24, 2.45) is 5.92 Å². The number of aryl methyl sites for hydroxylation is 2. The Morgan fingerprint density at radius 1 is 1.23 bits per heavy atom. The SMILES string of the molecule is O=C(NC(CCOC1CC(CCc2ccc3c(n2)NCCC3)C1)C(=O)O)c1c(F)cc(O)cc1F. The van der Waals surface area contributed by atoms with Crippen LogP contribution in [0.15, 0.2) is 24.3 Å². The average Bonchev–Trinajstić information content (AvgIpc) is 2.78. The molecular formula is C25H29F2N3O5. The van der Waals surface area contributed by atoms with Crippen LogP contribution >= 0.6 is 0 Å². The summed E-state index contributed by atoms with van der Waals surface area (Å²) in [6, 6.07) is 4.05. The molecule has 1 unspecified atom stereocenters. The number of nitrogens with zero attached hydrogens (tertiary/aromatic N) is 1. The number of carboxylic acids is 1. The maximum Gasteiger partial charge on any atom is 0.326 e. The van der Waals surface area contributed by atoms with Gasteiger partial charge in [-0.3, -0.25) is 4.79 Å². The van der Waals surface area contributed by atoms with E-state index in [4.69, 9.17) is 9.72 Å². The van der Waals surface area contributed by atoms with E-state index in [0.717, 1.165) is 56.6 Å². The zero-order valence-corrected chi connectivity index (χ0v) is 19.2. The number of hydrogen-bond acceptors (Lipinski definition) is 6. The molecule has 1 fully saturated rings. The smallest absolute Gasteiger partial charge is 0.326 e. The Kier molecular flexibility index (Phi) is 7.80. The molecular weight excluding hydrogens is 460 g/mol. The van der Waals surface area contributed by atoms with Gasteiger partial charge in [-0.1, -0.05) is 6.07 Å². The van der Waals surface area contributed by atoms with Crippen molar-refractivity contribution in [1.82, 2.24) is 10.3 Å². The molecule has 2 aromatic rings. The fraction of sp³-hybridized carbons (Fsp3) is 0.480. The minimum absolute atomic E-state index is 0.0234. The van der Waals surface area contributed by atoms with Gasteiger partial charge in [-0.15, -0.1) is 0 Å². The minimum atomic E-state index is -1.37. The first-order chi connectivity index (χ1) is 16.8. The van der Waals surface area contributed by atoms with E-state index in [0.29, 0.717) is 18.1 Å². The van der Waals surface area contributed by atoms with Crippen LogP contribution in [-0.4, -0.2) is 52.4 Å². The number of fused-ring (bicyclic) bond motifs is 1. The third-order valence-electron chi connectivity index (χ3n) is 6.57. The van der Waals surface area contributed by atoms with Crippen LogP contribution in [0, 0.1) is 17.6 Å². The maximum absolute atomic E-state index is 13.9. The first kappa shape index (κ1) is 24.8. The molecule has 188 valence electrons. The van der Waals surface area contributed by atoms with Gasteiger partial charge < -0.3 is 25.6 Å². The Morgan fingerprint density at radius 3 is 2.69 bits per heavy atom. The van der Waals surface area contributed by atoms with Crippen LogP contribution in [0.2, 0.25) is 0 Å². The van der Waals surface area contributed by atoms with Crippen LogP contribution in [0.1, 0.15) is 53.7 Å². The van der Waals surface area contributed by atoms with Gasteiger partial charge in [-0.25, -0.2) is 18.6 Å². The predicted octanol–water partition coefficient (Wildman–Crippen LogP) is 3.42. The van der Waals surface area contributed by atoms with Gasteiger partial charge in [0.2, 0.25) is 0 Å². The number of rotatable bonds is 10. The second-order valence-electron chi connectivity index (χ2n) is 9.15. The maximum atomic E-state index is 13.9. The molecule has 2 aliphatic rings. The summed E-state index contributed by atoms with van der Waals surface area (Å²) in [7, 11) is 0. The Balaban J connectivity index is 1.18. The summed E-state index contributed by atoms with van der Waals surface area (Å²) in [6.07, 6.45) is 5.81. The third-order valence-corrected chi connectivity index (χ3v) is 6.57. The molecule has 2 heterocycles. The number of aromatic nitrogens is 1. The molecule has 0 spiro atoms. The summed E-state index contributed by atoms with van der Waals surface area (Å²) in [5.41, 5.74) is 1.40. The number of carboxylic acid groups (broad SMARTS) is 1.